The minimum atomic E-state index is -0.339. The van der Waals surface area contributed by atoms with E-state index >= 15 is 0 Å². The predicted octanol–water partition coefficient (Wildman–Crippen LogP) is 2.98. The first-order chi connectivity index (χ1) is 13.9. The summed E-state index contributed by atoms with van der Waals surface area (Å²) >= 11 is 5.99. The number of piperazine rings is 1. The fourth-order valence-electron chi connectivity index (χ4n) is 3.16. The van der Waals surface area contributed by atoms with Gasteiger partial charge in [0.05, 0.1) is 13.1 Å². The molecule has 0 aliphatic carbocycles. The highest BCUT2D eigenvalue weighted by Crippen LogP contribution is 2.20. The second-order valence-electron chi connectivity index (χ2n) is 7.11. The van der Waals surface area contributed by atoms with Crippen molar-refractivity contribution in [3.63, 3.8) is 0 Å². The number of hydrogen-bond acceptors (Lipinski definition) is 4. The van der Waals surface area contributed by atoms with Crippen LogP contribution in [0.15, 0.2) is 42.5 Å². The molecule has 0 saturated carbocycles. The van der Waals surface area contributed by atoms with Gasteiger partial charge < -0.3 is 10.6 Å². The molecule has 1 aliphatic heterocycles. The SMILES string of the molecule is Cc1ccc(Cl)cc1NC(=O)CN1CCN(CC(=O)Nc2ccc(F)cc2)CC1. The maximum atomic E-state index is 12.9. The summed E-state index contributed by atoms with van der Waals surface area (Å²) in [4.78, 5) is 28.6. The lowest BCUT2D eigenvalue weighted by molar-refractivity contribution is -0.120. The van der Waals surface area contributed by atoms with Gasteiger partial charge in [0, 0.05) is 42.6 Å². The molecule has 0 atom stereocenters. The highest BCUT2D eigenvalue weighted by atomic mass is 35.5. The van der Waals surface area contributed by atoms with Crippen LogP contribution in [0.2, 0.25) is 5.02 Å². The predicted molar refractivity (Wildman–Crippen MR) is 113 cm³/mol. The molecule has 29 heavy (non-hydrogen) atoms. The van der Waals surface area contributed by atoms with Crippen molar-refractivity contribution in [1.82, 2.24) is 9.80 Å². The molecule has 1 saturated heterocycles. The van der Waals surface area contributed by atoms with Crippen molar-refractivity contribution in [3.8, 4) is 0 Å². The van der Waals surface area contributed by atoms with E-state index in [0.717, 1.165) is 11.3 Å². The second-order valence-corrected chi connectivity index (χ2v) is 7.55. The monoisotopic (exact) mass is 418 g/mol. The molecule has 2 aromatic carbocycles. The molecule has 2 N–H and O–H groups in total. The van der Waals surface area contributed by atoms with Crippen molar-refractivity contribution >= 4 is 34.8 Å². The van der Waals surface area contributed by atoms with Crippen LogP contribution in [0.3, 0.4) is 0 Å². The molecule has 2 aromatic rings. The number of hydrogen-bond donors (Lipinski definition) is 2. The molecule has 6 nitrogen and oxygen atoms in total. The van der Waals surface area contributed by atoms with Crippen LogP contribution < -0.4 is 10.6 Å². The van der Waals surface area contributed by atoms with Crippen LogP contribution in [-0.4, -0.2) is 60.9 Å². The Labute approximate surface area is 174 Å². The van der Waals surface area contributed by atoms with Gasteiger partial charge in [-0.2, -0.15) is 0 Å². The van der Waals surface area contributed by atoms with Crippen LogP contribution in [-0.2, 0) is 9.59 Å². The van der Waals surface area contributed by atoms with Gasteiger partial charge in [-0.25, -0.2) is 4.39 Å². The van der Waals surface area contributed by atoms with E-state index in [-0.39, 0.29) is 24.2 Å². The number of carbonyl (C=O) groups excluding carboxylic acids is 2. The van der Waals surface area contributed by atoms with Crippen molar-refractivity contribution in [2.75, 3.05) is 49.9 Å². The van der Waals surface area contributed by atoms with Gasteiger partial charge in [0.25, 0.3) is 0 Å². The minimum absolute atomic E-state index is 0.0853. The summed E-state index contributed by atoms with van der Waals surface area (Å²) in [5, 5.41) is 6.25. The standard InChI is InChI=1S/C21H24ClFN4O2/c1-15-2-3-16(22)12-19(15)25-21(29)14-27-10-8-26(9-11-27)13-20(28)24-18-6-4-17(23)5-7-18/h2-7,12H,8-11,13-14H2,1H3,(H,24,28)(H,25,29). The number of rotatable bonds is 6. The molecule has 154 valence electrons. The second kappa shape index (κ2) is 9.82. The molecular weight excluding hydrogens is 395 g/mol. The molecule has 0 spiro atoms. The van der Waals surface area contributed by atoms with E-state index in [2.05, 4.69) is 15.5 Å². The largest absolute Gasteiger partial charge is 0.325 e. The van der Waals surface area contributed by atoms with E-state index in [0.29, 0.717) is 43.4 Å². The molecule has 1 aliphatic rings. The Balaban J connectivity index is 1.40. The highest BCUT2D eigenvalue weighted by molar-refractivity contribution is 6.31. The van der Waals surface area contributed by atoms with Gasteiger partial charge in [-0.3, -0.25) is 19.4 Å². The number of nitrogens with one attached hydrogen (secondary N) is 2. The Morgan fingerprint density at radius 2 is 1.48 bits per heavy atom. The summed E-state index contributed by atoms with van der Waals surface area (Å²) in [5.41, 5.74) is 2.25. The Hall–Kier alpha value is -2.48. The Morgan fingerprint density at radius 3 is 2.07 bits per heavy atom. The normalized spacial score (nSPS) is 15.1. The lowest BCUT2D eigenvalue weighted by Gasteiger charge is -2.33. The van der Waals surface area contributed by atoms with Crippen LogP contribution in [0.1, 0.15) is 5.56 Å². The number of aryl methyl sites for hydroxylation is 1. The van der Waals surface area contributed by atoms with Crippen molar-refractivity contribution < 1.29 is 14.0 Å². The molecule has 8 heteroatoms. The van der Waals surface area contributed by atoms with Gasteiger partial charge in [0.15, 0.2) is 0 Å². The lowest BCUT2D eigenvalue weighted by Crippen LogP contribution is -2.50. The number of halogens is 2. The number of benzene rings is 2. The summed E-state index contributed by atoms with van der Waals surface area (Å²) in [6.07, 6.45) is 0. The summed E-state index contributed by atoms with van der Waals surface area (Å²) in [5.74, 6) is -0.564. The number of amides is 2. The first-order valence-corrected chi connectivity index (χ1v) is 9.83. The summed E-state index contributed by atoms with van der Waals surface area (Å²) in [6, 6.07) is 11.1. The van der Waals surface area contributed by atoms with E-state index < -0.39 is 0 Å². The smallest absolute Gasteiger partial charge is 0.238 e. The van der Waals surface area contributed by atoms with E-state index in [1.54, 1.807) is 12.1 Å². The molecule has 1 heterocycles. The number of nitrogens with zero attached hydrogens (tertiary/aromatic N) is 2. The molecule has 0 unspecified atom stereocenters. The summed E-state index contributed by atoms with van der Waals surface area (Å²) in [6.45, 7) is 5.26. The molecule has 2 amide bonds. The van der Waals surface area contributed by atoms with Gasteiger partial charge in [-0.15, -0.1) is 0 Å². The molecule has 3 rings (SSSR count). The zero-order valence-electron chi connectivity index (χ0n) is 16.3. The molecule has 0 radical (unpaired) electrons. The van der Waals surface area contributed by atoms with Crippen LogP contribution in [0.4, 0.5) is 15.8 Å². The van der Waals surface area contributed by atoms with Gasteiger partial charge in [0.1, 0.15) is 5.82 Å². The molecule has 0 bridgehead atoms. The summed E-state index contributed by atoms with van der Waals surface area (Å²) < 4.78 is 12.9. The maximum Gasteiger partial charge on any atom is 0.238 e. The maximum absolute atomic E-state index is 12.9. The lowest BCUT2D eigenvalue weighted by atomic mass is 10.2. The third-order valence-electron chi connectivity index (χ3n) is 4.80. The molecule has 1 fully saturated rings. The van der Waals surface area contributed by atoms with E-state index in [9.17, 15) is 14.0 Å². The van der Waals surface area contributed by atoms with Gasteiger partial charge in [0.2, 0.25) is 11.8 Å². The Kier molecular flexibility index (Phi) is 7.19. The van der Waals surface area contributed by atoms with Crippen LogP contribution >= 0.6 is 11.6 Å². The van der Waals surface area contributed by atoms with Crippen LogP contribution in [0.5, 0.6) is 0 Å². The average Bonchev–Trinajstić information content (AvgIpc) is 2.68. The Bertz CT molecular complexity index is 867. The van der Waals surface area contributed by atoms with Crippen LogP contribution in [0.25, 0.3) is 0 Å². The molecular formula is C21H24ClFN4O2. The molecule has 0 aromatic heterocycles. The van der Waals surface area contributed by atoms with Crippen molar-refractivity contribution in [2.45, 2.75) is 6.92 Å². The number of carbonyl (C=O) groups is 2. The van der Waals surface area contributed by atoms with Crippen LogP contribution in [0, 0.1) is 12.7 Å². The first kappa shape index (κ1) is 21.2. The highest BCUT2D eigenvalue weighted by Gasteiger charge is 2.21. The fourth-order valence-corrected chi connectivity index (χ4v) is 3.34. The third-order valence-corrected chi connectivity index (χ3v) is 5.04. The summed E-state index contributed by atoms with van der Waals surface area (Å²) in [7, 11) is 0. The zero-order valence-corrected chi connectivity index (χ0v) is 17.0. The fraction of sp³-hybridized carbons (Fsp3) is 0.333. The van der Waals surface area contributed by atoms with Gasteiger partial charge >= 0.3 is 0 Å². The zero-order chi connectivity index (χ0) is 20.8. The quantitative estimate of drug-likeness (QED) is 0.757. The third kappa shape index (κ3) is 6.52. The minimum Gasteiger partial charge on any atom is -0.325 e. The van der Waals surface area contributed by atoms with Gasteiger partial charge in [-0.05, 0) is 48.9 Å². The topological polar surface area (TPSA) is 64.7 Å². The van der Waals surface area contributed by atoms with E-state index in [4.69, 9.17) is 11.6 Å². The average molecular weight is 419 g/mol. The van der Waals surface area contributed by atoms with Crippen molar-refractivity contribution in [2.24, 2.45) is 0 Å². The first-order valence-electron chi connectivity index (χ1n) is 9.45. The number of anilines is 2. The van der Waals surface area contributed by atoms with Crippen molar-refractivity contribution in [1.29, 1.82) is 0 Å². The van der Waals surface area contributed by atoms with E-state index in [1.165, 1.54) is 24.3 Å². The van der Waals surface area contributed by atoms with Gasteiger partial charge in [-0.1, -0.05) is 17.7 Å². The van der Waals surface area contributed by atoms with E-state index in [1.807, 2.05) is 17.9 Å². The van der Waals surface area contributed by atoms with Crippen molar-refractivity contribution in [3.05, 3.63) is 58.9 Å². The Morgan fingerprint density at radius 1 is 0.931 bits per heavy atom.